The molecule has 188 valence electrons. The lowest BCUT2D eigenvalue weighted by Gasteiger charge is -2.49. The molecule has 3 aromatic carbocycles. The van der Waals surface area contributed by atoms with E-state index >= 15 is 0 Å². The summed E-state index contributed by atoms with van der Waals surface area (Å²) in [5.41, 5.74) is -3.37. The molecular weight excluding hydrogens is 481 g/mol. The number of benzene rings is 3. The number of nitrogens with zero attached hydrogens (tertiary/aromatic N) is 2. The van der Waals surface area contributed by atoms with Crippen molar-refractivity contribution in [2.75, 3.05) is 5.32 Å². The number of halogens is 5. The molecule has 1 aliphatic rings. The van der Waals surface area contributed by atoms with Crippen molar-refractivity contribution < 1.29 is 32.2 Å². The van der Waals surface area contributed by atoms with Crippen molar-refractivity contribution in [3.05, 3.63) is 83.6 Å². The Morgan fingerprint density at radius 1 is 1.03 bits per heavy atom. The van der Waals surface area contributed by atoms with E-state index in [1.165, 1.54) is 49.0 Å². The number of fused-ring (bicyclic) bond motifs is 2. The van der Waals surface area contributed by atoms with Gasteiger partial charge in [-0.3, -0.25) is 0 Å². The fourth-order valence-corrected chi connectivity index (χ4v) is 5.24. The molecule has 3 N–H and O–H groups in total. The van der Waals surface area contributed by atoms with Crippen molar-refractivity contribution in [1.29, 1.82) is 0 Å². The van der Waals surface area contributed by atoms with Gasteiger partial charge >= 0.3 is 6.18 Å². The lowest BCUT2D eigenvalue weighted by molar-refractivity contribution is -0.276. The van der Waals surface area contributed by atoms with Gasteiger partial charge in [0.1, 0.15) is 5.82 Å². The Morgan fingerprint density at radius 2 is 1.72 bits per heavy atom. The molecule has 2 atom stereocenters. The molecule has 5 rings (SSSR count). The molecule has 0 saturated heterocycles. The van der Waals surface area contributed by atoms with E-state index in [4.69, 9.17) is 0 Å². The summed E-state index contributed by atoms with van der Waals surface area (Å²) in [6.45, 7) is 2.84. The van der Waals surface area contributed by atoms with Gasteiger partial charge in [0.2, 0.25) is 0 Å². The van der Waals surface area contributed by atoms with E-state index in [0.717, 1.165) is 12.1 Å². The highest BCUT2D eigenvalue weighted by Gasteiger charge is 2.64. The van der Waals surface area contributed by atoms with Crippen LogP contribution in [0.25, 0.3) is 16.6 Å². The largest absolute Gasteiger partial charge is 0.505 e. The van der Waals surface area contributed by atoms with Crippen LogP contribution in [0.4, 0.5) is 27.6 Å². The lowest BCUT2D eigenvalue weighted by atomic mass is 9.63. The molecule has 0 fully saturated rings. The average molecular weight is 503 g/mol. The van der Waals surface area contributed by atoms with Gasteiger partial charge in [-0.15, -0.1) is 0 Å². The molecule has 0 aliphatic heterocycles. The molecule has 2 unspecified atom stereocenters. The fraction of sp³-hybridized carbons (Fsp3) is 0.269. The van der Waals surface area contributed by atoms with Crippen LogP contribution in [-0.2, 0) is 5.41 Å². The second kappa shape index (κ2) is 7.92. The van der Waals surface area contributed by atoms with E-state index in [1.54, 1.807) is 18.2 Å². The normalized spacial score (nSPS) is 21.4. The molecular formula is C26H22F5N3O2. The summed E-state index contributed by atoms with van der Waals surface area (Å²) in [7, 11) is 0. The predicted molar refractivity (Wildman–Crippen MR) is 124 cm³/mol. The molecule has 0 saturated carbocycles. The third kappa shape index (κ3) is 3.59. The second-order valence-corrected chi connectivity index (χ2v) is 9.69. The monoisotopic (exact) mass is 503 g/mol. The molecule has 0 bridgehead atoms. The van der Waals surface area contributed by atoms with Crippen LogP contribution in [0.5, 0.6) is 5.75 Å². The number of aromatic hydroxyl groups is 1. The maximum atomic E-state index is 14.4. The summed E-state index contributed by atoms with van der Waals surface area (Å²) >= 11 is 0. The van der Waals surface area contributed by atoms with Crippen molar-refractivity contribution in [1.82, 2.24) is 9.78 Å². The Bertz CT molecular complexity index is 1460. The van der Waals surface area contributed by atoms with Crippen LogP contribution in [0.1, 0.15) is 37.4 Å². The molecule has 1 aliphatic carbocycles. The Kier molecular flexibility index (Phi) is 5.29. The third-order valence-corrected chi connectivity index (χ3v) is 6.81. The van der Waals surface area contributed by atoms with Crippen molar-refractivity contribution in [2.24, 2.45) is 0 Å². The van der Waals surface area contributed by atoms with Gasteiger partial charge < -0.3 is 15.5 Å². The Hall–Kier alpha value is -3.66. The van der Waals surface area contributed by atoms with Crippen LogP contribution in [0.3, 0.4) is 0 Å². The van der Waals surface area contributed by atoms with Gasteiger partial charge in [0.25, 0.3) is 0 Å². The first-order valence-corrected chi connectivity index (χ1v) is 11.1. The predicted octanol–water partition coefficient (Wildman–Crippen LogP) is 6.14. The van der Waals surface area contributed by atoms with Crippen molar-refractivity contribution in [3.63, 3.8) is 0 Å². The smallest absolute Gasteiger partial charge is 0.419 e. The average Bonchev–Trinajstić information content (AvgIpc) is 3.23. The third-order valence-electron chi connectivity index (χ3n) is 6.81. The highest BCUT2D eigenvalue weighted by Crippen LogP contribution is 2.56. The Labute approximate surface area is 202 Å². The van der Waals surface area contributed by atoms with Crippen LogP contribution >= 0.6 is 0 Å². The molecule has 0 amide bonds. The van der Waals surface area contributed by atoms with Crippen molar-refractivity contribution in [2.45, 2.75) is 43.5 Å². The first-order chi connectivity index (χ1) is 16.8. The number of hydrogen-bond donors (Lipinski definition) is 3. The highest BCUT2D eigenvalue weighted by molar-refractivity contribution is 5.92. The fourth-order valence-electron chi connectivity index (χ4n) is 5.24. The van der Waals surface area contributed by atoms with E-state index in [0.29, 0.717) is 16.6 Å². The van der Waals surface area contributed by atoms with Crippen LogP contribution in [-0.4, -0.2) is 31.8 Å². The minimum absolute atomic E-state index is 0.00288. The Morgan fingerprint density at radius 3 is 2.39 bits per heavy atom. The van der Waals surface area contributed by atoms with E-state index in [9.17, 15) is 32.2 Å². The molecule has 1 heterocycles. The van der Waals surface area contributed by atoms with E-state index in [-0.39, 0.29) is 16.8 Å². The SMILES string of the molecule is CC1(C)CC(O)(C(F)(F)F)C(Nc2cccc3c2cnn3-c2ccc(F)cc2)c2ccc(F)c(O)c21. The molecule has 4 aromatic rings. The van der Waals surface area contributed by atoms with Crippen molar-refractivity contribution >= 4 is 16.6 Å². The number of hydrogen-bond acceptors (Lipinski definition) is 4. The first kappa shape index (κ1) is 24.1. The minimum atomic E-state index is -5.05. The number of rotatable bonds is 3. The van der Waals surface area contributed by atoms with Gasteiger partial charge in [0.15, 0.2) is 17.2 Å². The van der Waals surface area contributed by atoms with Crippen LogP contribution < -0.4 is 5.32 Å². The topological polar surface area (TPSA) is 70.3 Å². The zero-order chi connectivity index (χ0) is 26.0. The van der Waals surface area contributed by atoms with Gasteiger partial charge in [0.05, 0.1) is 23.4 Å². The van der Waals surface area contributed by atoms with Gasteiger partial charge in [0, 0.05) is 16.6 Å². The van der Waals surface area contributed by atoms with Gasteiger partial charge in [-0.2, -0.15) is 18.3 Å². The number of phenolic OH excluding ortho intramolecular Hbond substituents is 1. The first-order valence-electron chi connectivity index (χ1n) is 11.1. The summed E-state index contributed by atoms with van der Waals surface area (Å²) < 4.78 is 72.3. The number of phenols is 1. The number of anilines is 1. The summed E-state index contributed by atoms with van der Waals surface area (Å²) in [6, 6.07) is 10.7. The quantitative estimate of drug-likeness (QED) is 0.294. The van der Waals surface area contributed by atoms with Crippen molar-refractivity contribution in [3.8, 4) is 11.4 Å². The van der Waals surface area contributed by atoms with Crippen LogP contribution in [0.2, 0.25) is 0 Å². The summed E-state index contributed by atoms with van der Waals surface area (Å²) in [5.74, 6) is -2.13. The Balaban J connectivity index is 1.67. The lowest BCUT2D eigenvalue weighted by Crippen LogP contribution is -2.58. The van der Waals surface area contributed by atoms with Crippen LogP contribution in [0.15, 0.2) is 60.8 Å². The van der Waals surface area contributed by atoms with E-state index in [1.807, 2.05) is 0 Å². The molecule has 0 spiro atoms. The minimum Gasteiger partial charge on any atom is -0.505 e. The maximum Gasteiger partial charge on any atom is 0.419 e. The van der Waals surface area contributed by atoms with Crippen LogP contribution in [0, 0.1) is 11.6 Å². The maximum absolute atomic E-state index is 14.4. The zero-order valence-corrected chi connectivity index (χ0v) is 19.2. The highest BCUT2D eigenvalue weighted by atomic mass is 19.4. The summed E-state index contributed by atoms with van der Waals surface area (Å²) in [5, 5.41) is 29.2. The number of aliphatic hydroxyl groups is 1. The number of alkyl halides is 3. The molecule has 10 heteroatoms. The number of aromatic nitrogens is 2. The van der Waals surface area contributed by atoms with E-state index < -0.39 is 47.0 Å². The summed E-state index contributed by atoms with van der Waals surface area (Å²) in [4.78, 5) is 0. The number of nitrogens with one attached hydrogen (secondary N) is 1. The molecule has 1 aromatic heterocycles. The van der Waals surface area contributed by atoms with Gasteiger partial charge in [-0.05, 0) is 59.9 Å². The molecule has 5 nitrogen and oxygen atoms in total. The van der Waals surface area contributed by atoms with Gasteiger partial charge in [-0.1, -0.05) is 26.0 Å². The standard InChI is InChI=1S/C26H22F5N3O2/c1-24(2)13-25(36,26(29,30)31)23(16-10-11-18(28)22(35)21(16)24)33-19-4-3-5-20-17(19)12-32-34(20)15-8-6-14(27)7-9-15/h3-12,23,33,35-36H,13H2,1-2H3. The van der Waals surface area contributed by atoms with Gasteiger partial charge in [-0.25, -0.2) is 13.5 Å². The zero-order valence-electron chi connectivity index (χ0n) is 19.2. The molecule has 36 heavy (non-hydrogen) atoms. The second-order valence-electron chi connectivity index (χ2n) is 9.69. The summed E-state index contributed by atoms with van der Waals surface area (Å²) in [6.07, 6.45) is -4.41. The molecule has 0 radical (unpaired) electrons. The van der Waals surface area contributed by atoms with E-state index in [2.05, 4.69) is 10.4 Å².